The molecule has 0 radical (unpaired) electrons. The molecule has 44 valence electrons. The topological polar surface area (TPSA) is 0 Å². The first kappa shape index (κ1) is 6.93. The van der Waals surface area contributed by atoms with E-state index in [4.69, 9.17) is 0 Å². The van der Waals surface area contributed by atoms with Gasteiger partial charge in [-0.05, 0) is 12.3 Å². The van der Waals surface area contributed by atoms with Gasteiger partial charge < -0.3 is 0 Å². The van der Waals surface area contributed by atoms with Crippen molar-refractivity contribution in [3.63, 3.8) is 0 Å². The number of rotatable bonds is 2. The van der Waals surface area contributed by atoms with Gasteiger partial charge in [-0.15, -0.1) is 0 Å². The summed E-state index contributed by atoms with van der Waals surface area (Å²) in [7, 11) is 0. The van der Waals surface area contributed by atoms with Crippen molar-refractivity contribution in [1.82, 2.24) is 0 Å². The molecule has 0 aromatic heterocycles. The van der Waals surface area contributed by atoms with Crippen LogP contribution in [0.15, 0.2) is 0 Å². The molecule has 0 aromatic rings. The van der Waals surface area contributed by atoms with E-state index in [0.717, 1.165) is 0 Å². The first-order chi connectivity index (χ1) is 3.18. The predicted octanol–water partition coefficient (Wildman–Crippen LogP) is 2.39. The van der Waals surface area contributed by atoms with Crippen LogP contribution in [0.3, 0.4) is 0 Å². The van der Waals surface area contributed by atoms with Crippen molar-refractivity contribution in [2.24, 2.45) is 5.92 Å². The summed E-state index contributed by atoms with van der Waals surface area (Å²) in [5.41, 5.74) is 0. The van der Waals surface area contributed by atoms with E-state index in [9.17, 15) is 4.39 Å². The molecule has 0 rings (SSSR count). The van der Waals surface area contributed by atoms with E-state index in [1.165, 1.54) is 0 Å². The first-order valence-electron chi connectivity index (χ1n) is 2.82. The van der Waals surface area contributed by atoms with Crippen LogP contribution >= 0.6 is 0 Å². The molecule has 0 nitrogen and oxygen atoms in total. The van der Waals surface area contributed by atoms with Crippen molar-refractivity contribution in [2.75, 3.05) is 0 Å². The molecule has 0 spiro atoms. The maximum absolute atomic E-state index is 12.3. The van der Waals surface area contributed by atoms with Crippen LogP contribution in [0.2, 0.25) is 0 Å². The molecule has 1 atom stereocenters. The van der Waals surface area contributed by atoms with Crippen LogP contribution in [0.1, 0.15) is 27.2 Å². The molecule has 0 aromatic carbocycles. The van der Waals surface area contributed by atoms with Crippen LogP contribution in [0.25, 0.3) is 0 Å². The molecule has 0 aliphatic carbocycles. The molecule has 0 saturated carbocycles. The lowest BCUT2D eigenvalue weighted by atomic mass is 10.1. The molecule has 0 amide bonds. The lowest BCUT2D eigenvalue weighted by Gasteiger charge is -2.06. The summed E-state index contributed by atoms with van der Waals surface area (Å²) in [6.45, 7) is 5.66. The fraction of sp³-hybridized carbons (Fsp3) is 1.00. The Morgan fingerprint density at radius 1 is 1.43 bits per heavy atom. The van der Waals surface area contributed by atoms with Gasteiger partial charge in [0.15, 0.2) is 0 Å². The predicted molar refractivity (Wildman–Crippen MR) is 30.0 cm³/mol. The highest BCUT2D eigenvalue weighted by Gasteiger charge is 2.06. The number of hydrogen-bond donors (Lipinski definition) is 0. The first-order valence-corrected chi connectivity index (χ1v) is 2.82. The van der Waals surface area contributed by atoms with Gasteiger partial charge in [-0.3, -0.25) is 0 Å². The summed E-state index contributed by atoms with van der Waals surface area (Å²) < 4.78 is 12.3. The Labute approximate surface area is 44.7 Å². The molecule has 0 N–H and O–H groups in total. The van der Waals surface area contributed by atoms with Gasteiger partial charge in [0.1, 0.15) is 6.17 Å². The summed E-state index contributed by atoms with van der Waals surface area (Å²) in [6, 6.07) is 0. The summed E-state index contributed by atoms with van der Waals surface area (Å²) in [5, 5.41) is 0. The molecule has 1 unspecified atom stereocenters. The Morgan fingerprint density at radius 3 is 1.86 bits per heavy atom. The quantitative estimate of drug-likeness (QED) is 0.504. The minimum absolute atomic E-state index is 0.199. The van der Waals surface area contributed by atoms with Gasteiger partial charge in [0.25, 0.3) is 0 Å². The van der Waals surface area contributed by atoms with Crippen molar-refractivity contribution in [1.29, 1.82) is 0 Å². The van der Waals surface area contributed by atoms with Crippen LogP contribution in [-0.2, 0) is 0 Å². The summed E-state index contributed by atoms with van der Waals surface area (Å²) in [4.78, 5) is 0. The molecular weight excluding hydrogens is 91.1 g/mol. The van der Waals surface area contributed by atoms with E-state index in [1.807, 2.05) is 20.8 Å². The molecular formula is C6H13F. The number of hydrogen-bond acceptors (Lipinski definition) is 0. The highest BCUT2D eigenvalue weighted by Crippen LogP contribution is 2.08. The fourth-order valence-corrected chi connectivity index (χ4v) is 0.471. The van der Waals surface area contributed by atoms with Crippen LogP contribution in [0.5, 0.6) is 0 Å². The zero-order chi connectivity index (χ0) is 5.86. The normalized spacial score (nSPS) is 15.0. The molecule has 7 heavy (non-hydrogen) atoms. The van der Waals surface area contributed by atoms with E-state index in [1.54, 1.807) is 0 Å². The lowest BCUT2D eigenvalue weighted by molar-refractivity contribution is 0.248. The highest BCUT2D eigenvalue weighted by atomic mass is 19.1. The van der Waals surface area contributed by atoms with Crippen molar-refractivity contribution in [2.45, 2.75) is 33.4 Å². The monoisotopic (exact) mass is 104 g/mol. The lowest BCUT2D eigenvalue weighted by Crippen LogP contribution is -2.05. The maximum Gasteiger partial charge on any atom is 0.102 e. The Kier molecular flexibility index (Phi) is 2.97. The van der Waals surface area contributed by atoms with Crippen LogP contribution in [0, 0.1) is 5.92 Å². The van der Waals surface area contributed by atoms with Gasteiger partial charge in [0.2, 0.25) is 0 Å². The second-order valence-corrected chi connectivity index (χ2v) is 2.17. The van der Waals surface area contributed by atoms with Crippen molar-refractivity contribution in [3.8, 4) is 0 Å². The van der Waals surface area contributed by atoms with Crippen LogP contribution in [0.4, 0.5) is 4.39 Å². The third-order valence-corrected chi connectivity index (χ3v) is 1.11. The van der Waals surface area contributed by atoms with Gasteiger partial charge in [-0.1, -0.05) is 20.8 Å². The average Bonchev–Trinajstić information content (AvgIpc) is 1.65. The highest BCUT2D eigenvalue weighted by molar-refractivity contribution is 4.55. The Bertz CT molecular complexity index is 41.4. The van der Waals surface area contributed by atoms with Crippen molar-refractivity contribution in [3.05, 3.63) is 0 Å². The van der Waals surface area contributed by atoms with Gasteiger partial charge in [-0.2, -0.15) is 0 Å². The largest absolute Gasteiger partial charge is 0.247 e. The Balaban J connectivity index is 3.14. The molecule has 0 bridgehead atoms. The molecule has 1 heteroatoms. The molecule has 0 aliphatic rings. The molecule has 0 saturated heterocycles. The molecule has 0 heterocycles. The summed E-state index contributed by atoms with van der Waals surface area (Å²) in [5.74, 6) is 0.199. The standard InChI is InChI=1S/C6H13F/c1-4-6(7)5(2)3/h5-6H,4H2,1-3H3. The average molecular weight is 104 g/mol. The van der Waals surface area contributed by atoms with Gasteiger partial charge in [-0.25, -0.2) is 4.39 Å². The van der Waals surface area contributed by atoms with Gasteiger partial charge >= 0.3 is 0 Å². The van der Waals surface area contributed by atoms with E-state index in [0.29, 0.717) is 6.42 Å². The Hall–Kier alpha value is -0.0700. The number of halogens is 1. The van der Waals surface area contributed by atoms with E-state index in [2.05, 4.69) is 0 Å². The van der Waals surface area contributed by atoms with Crippen LogP contribution in [-0.4, -0.2) is 6.17 Å². The SMILES string of the molecule is CCC(F)C(C)C. The minimum atomic E-state index is -0.597. The second-order valence-electron chi connectivity index (χ2n) is 2.17. The second kappa shape index (κ2) is 3.00. The fourth-order valence-electron chi connectivity index (χ4n) is 0.471. The van der Waals surface area contributed by atoms with Crippen molar-refractivity contribution < 1.29 is 4.39 Å². The summed E-state index contributed by atoms with van der Waals surface area (Å²) in [6.07, 6.45) is 0.0532. The summed E-state index contributed by atoms with van der Waals surface area (Å²) >= 11 is 0. The number of alkyl halides is 1. The van der Waals surface area contributed by atoms with Crippen LogP contribution < -0.4 is 0 Å². The Morgan fingerprint density at radius 2 is 1.86 bits per heavy atom. The van der Waals surface area contributed by atoms with E-state index < -0.39 is 6.17 Å². The van der Waals surface area contributed by atoms with Gasteiger partial charge in [0.05, 0.1) is 0 Å². The zero-order valence-corrected chi connectivity index (χ0v) is 5.24. The minimum Gasteiger partial charge on any atom is -0.247 e. The van der Waals surface area contributed by atoms with E-state index >= 15 is 0 Å². The maximum atomic E-state index is 12.3. The van der Waals surface area contributed by atoms with Crippen molar-refractivity contribution >= 4 is 0 Å². The molecule has 0 aliphatic heterocycles. The van der Waals surface area contributed by atoms with E-state index in [-0.39, 0.29) is 5.92 Å². The third-order valence-electron chi connectivity index (χ3n) is 1.11. The smallest absolute Gasteiger partial charge is 0.102 e. The molecule has 0 fully saturated rings. The zero-order valence-electron chi connectivity index (χ0n) is 5.24. The van der Waals surface area contributed by atoms with Gasteiger partial charge in [0, 0.05) is 0 Å². The third kappa shape index (κ3) is 2.60.